The fourth-order valence-electron chi connectivity index (χ4n) is 8.15. The van der Waals surface area contributed by atoms with E-state index in [-0.39, 0.29) is 41.9 Å². The largest absolute Gasteiger partial charge is 0.399 e. The lowest BCUT2D eigenvalue weighted by molar-refractivity contribution is -0.139. The maximum Gasteiger partial charge on any atom is 0.399 e. The third-order valence-corrected chi connectivity index (χ3v) is 11.8. The third-order valence-electron chi connectivity index (χ3n) is 10.8. The molecule has 16 heteroatoms. The van der Waals surface area contributed by atoms with Crippen LogP contribution in [0.25, 0.3) is 10.8 Å². The van der Waals surface area contributed by atoms with Gasteiger partial charge in [-0.3, -0.25) is 29.2 Å². The summed E-state index contributed by atoms with van der Waals surface area (Å²) in [5.41, 5.74) is -5.03. The number of rotatable bonds is 7. The van der Waals surface area contributed by atoms with E-state index in [9.17, 15) is 47.9 Å². The molecule has 3 fully saturated rings. The Bertz CT molecular complexity index is 2000. The number of likely N-dealkylation sites (tertiary alicyclic amines) is 1. The molecule has 4 aliphatic rings. The second kappa shape index (κ2) is 13.0. The standard InChI is InChI=1S/C35H37F2N6O7P/c36-35(37,51(48,49)50)23-12-11-20-9-10-21(15-22(20)16-23)30(44)39-28-8-3-1-5-25-13-14-29(43(25)31(28)45)41-33(47)42-18-24(17-38)34(19-42)26-6-2-4-7-27(26)40-32(34)46/h2,4,6-7,9-12,15-16,24-25,28-29,33,41,47H,1,3,5,8,13-14,18-19H2,(H,39,44)(H,40,46)(H2,48,49,50)/t24-,25-,28-,29-,33?,34+/m0/s1. The first kappa shape index (κ1) is 35.1. The molecule has 6 atom stereocenters. The first-order valence-electron chi connectivity index (χ1n) is 16.8. The minimum atomic E-state index is -5.80. The number of nitrogens with zero attached hydrogens (tertiary/aromatic N) is 3. The second-order valence-electron chi connectivity index (χ2n) is 13.8. The minimum absolute atomic E-state index is 0.0737. The number of anilines is 1. The molecule has 4 heterocycles. The lowest BCUT2D eigenvalue weighted by Crippen LogP contribution is -2.60. The highest BCUT2D eigenvalue weighted by atomic mass is 31.2. The van der Waals surface area contributed by atoms with Gasteiger partial charge >= 0.3 is 13.3 Å². The number of carbonyl (C=O) groups excluding carboxylic acids is 3. The second-order valence-corrected chi connectivity index (χ2v) is 15.4. The van der Waals surface area contributed by atoms with Crippen LogP contribution in [0.1, 0.15) is 60.0 Å². The van der Waals surface area contributed by atoms with Gasteiger partial charge in [0.1, 0.15) is 11.5 Å². The molecular weight excluding hydrogens is 685 g/mol. The number of aliphatic hydroxyl groups is 1. The fraction of sp³-hybridized carbons (Fsp3) is 0.429. The van der Waals surface area contributed by atoms with E-state index in [1.807, 2.05) is 6.07 Å². The summed E-state index contributed by atoms with van der Waals surface area (Å²) < 4.78 is 40.3. The van der Waals surface area contributed by atoms with Gasteiger partial charge in [-0.1, -0.05) is 49.2 Å². The van der Waals surface area contributed by atoms with Crippen LogP contribution in [0.4, 0.5) is 14.5 Å². The van der Waals surface area contributed by atoms with Gasteiger partial charge in [0, 0.05) is 35.9 Å². The number of fused-ring (bicyclic) bond motifs is 4. The van der Waals surface area contributed by atoms with Crippen molar-refractivity contribution in [2.75, 3.05) is 18.4 Å². The van der Waals surface area contributed by atoms with Crippen molar-refractivity contribution in [3.8, 4) is 6.07 Å². The zero-order valence-corrected chi connectivity index (χ0v) is 28.2. The Labute approximate surface area is 291 Å². The summed E-state index contributed by atoms with van der Waals surface area (Å²) in [4.78, 5) is 62.6. The van der Waals surface area contributed by atoms with Crippen LogP contribution in [0, 0.1) is 17.2 Å². The van der Waals surface area contributed by atoms with Crippen molar-refractivity contribution in [2.45, 2.75) is 74.2 Å². The van der Waals surface area contributed by atoms with Crippen LogP contribution >= 0.6 is 7.60 Å². The number of benzene rings is 3. The number of para-hydroxylation sites is 1. The van der Waals surface area contributed by atoms with Crippen LogP contribution in [0.3, 0.4) is 0 Å². The molecule has 3 amide bonds. The Hall–Kier alpha value is -4.29. The van der Waals surface area contributed by atoms with Crippen molar-refractivity contribution >= 4 is 41.8 Å². The Morgan fingerprint density at radius 3 is 2.55 bits per heavy atom. The average molecular weight is 723 g/mol. The van der Waals surface area contributed by atoms with Gasteiger partial charge in [-0.05, 0) is 66.3 Å². The van der Waals surface area contributed by atoms with Gasteiger partial charge in [-0.25, -0.2) is 0 Å². The van der Waals surface area contributed by atoms with Gasteiger partial charge in [-0.15, -0.1) is 0 Å². The predicted molar refractivity (Wildman–Crippen MR) is 180 cm³/mol. The smallest absolute Gasteiger partial charge is 0.365 e. The number of nitriles is 1. The number of nitrogens with one attached hydrogen (secondary N) is 3. The van der Waals surface area contributed by atoms with Gasteiger partial charge in [-0.2, -0.15) is 14.0 Å². The molecule has 1 unspecified atom stereocenters. The van der Waals surface area contributed by atoms with Crippen LogP contribution in [0.15, 0.2) is 60.7 Å². The van der Waals surface area contributed by atoms with E-state index in [1.165, 1.54) is 24.3 Å². The molecule has 13 nitrogen and oxygen atoms in total. The van der Waals surface area contributed by atoms with Crippen molar-refractivity contribution in [3.63, 3.8) is 0 Å². The number of amides is 3. The zero-order valence-electron chi connectivity index (χ0n) is 27.3. The van der Waals surface area contributed by atoms with Crippen molar-refractivity contribution in [1.29, 1.82) is 5.26 Å². The van der Waals surface area contributed by atoms with Crippen molar-refractivity contribution < 1.29 is 42.6 Å². The van der Waals surface area contributed by atoms with Gasteiger partial charge < -0.3 is 30.4 Å². The summed E-state index contributed by atoms with van der Waals surface area (Å²) in [6, 6.07) is 15.9. The summed E-state index contributed by atoms with van der Waals surface area (Å²) in [5.74, 6) is -1.98. The summed E-state index contributed by atoms with van der Waals surface area (Å²) in [5, 5.41) is 31.0. The lowest BCUT2D eigenvalue weighted by atomic mass is 9.74. The molecule has 0 bridgehead atoms. The van der Waals surface area contributed by atoms with Crippen LogP contribution < -0.4 is 16.0 Å². The molecule has 0 saturated carbocycles. The molecule has 0 aromatic heterocycles. The molecule has 3 aromatic carbocycles. The number of halogens is 2. The van der Waals surface area contributed by atoms with E-state index < -0.39 is 54.6 Å². The molecule has 1 spiro atoms. The first-order valence-corrected chi connectivity index (χ1v) is 18.5. The quantitative estimate of drug-likeness (QED) is 0.156. The number of alkyl halides is 2. The van der Waals surface area contributed by atoms with E-state index in [0.29, 0.717) is 42.3 Å². The Balaban J connectivity index is 1.07. The van der Waals surface area contributed by atoms with Gasteiger partial charge in [0.25, 0.3) is 5.91 Å². The van der Waals surface area contributed by atoms with Gasteiger partial charge in [0.2, 0.25) is 11.8 Å². The Kier molecular flexibility index (Phi) is 8.98. The minimum Gasteiger partial charge on any atom is -0.365 e. The number of hydrogen-bond donors (Lipinski definition) is 6. The zero-order chi connectivity index (χ0) is 36.3. The molecule has 6 N–H and O–H groups in total. The van der Waals surface area contributed by atoms with E-state index in [1.54, 1.807) is 28.0 Å². The van der Waals surface area contributed by atoms with Crippen molar-refractivity contribution in [1.82, 2.24) is 20.4 Å². The highest BCUT2D eigenvalue weighted by Gasteiger charge is 2.59. The monoisotopic (exact) mass is 722 g/mol. The normalized spacial score (nSPS) is 27.4. The summed E-state index contributed by atoms with van der Waals surface area (Å²) in [6.45, 7) is 0.217. The molecule has 268 valence electrons. The van der Waals surface area contributed by atoms with Crippen molar-refractivity contribution in [3.05, 3.63) is 77.4 Å². The van der Waals surface area contributed by atoms with Crippen LogP contribution in [-0.2, 0) is 25.2 Å². The average Bonchev–Trinajstić information content (AvgIpc) is 3.77. The highest BCUT2D eigenvalue weighted by molar-refractivity contribution is 7.52. The number of aliphatic hydroxyl groups excluding tert-OH is 1. The van der Waals surface area contributed by atoms with Gasteiger partial charge in [0.15, 0.2) is 6.35 Å². The summed E-state index contributed by atoms with van der Waals surface area (Å²) in [6.07, 6.45) is 1.90. The Morgan fingerprint density at radius 1 is 1.04 bits per heavy atom. The maximum absolute atomic E-state index is 14.4. The van der Waals surface area contributed by atoms with Crippen LogP contribution in [-0.4, -0.2) is 80.1 Å². The molecule has 7 rings (SSSR count). The third kappa shape index (κ3) is 5.99. The van der Waals surface area contributed by atoms with E-state index in [4.69, 9.17) is 0 Å². The van der Waals surface area contributed by atoms with E-state index >= 15 is 0 Å². The lowest BCUT2D eigenvalue weighted by Gasteiger charge is -2.38. The molecule has 3 saturated heterocycles. The topological polar surface area (TPSA) is 195 Å². The number of hydrogen-bond acceptors (Lipinski definition) is 8. The summed E-state index contributed by atoms with van der Waals surface area (Å²) >= 11 is 0. The fourth-order valence-corrected chi connectivity index (χ4v) is 8.63. The van der Waals surface area contributed by atoms with Crippen LogP contribution in [0.2, 0.25) is 0 Å². The molecule has 0 radical (unpaired) electrons. The van der Waals surface area contributed by atoms with E-state index in [0.717, 1.165) is 25.0 Å². The Morgan fingerprint density at radius 2 is 1.78 bits per heavy atom. The maximum atomic E-state index is 14.4. The number of carbonyl (C=O) groups is 3. The van der Waals surface area contributed by atoms with Gasteiger partial charge in [0.05, 0.1) is 18.2 Å². The first-order chi connectivity index (χ1) is 24.2. The van der Waals surface area contributed by atoms with E-state index in [2.05, 4.69) is 22.0 Å². The summed E-state index contributed by atoms with van der Waals surface area (Å²) in [7, 11) is -5.80. The highest BCUT2D eigenvalue weighted by Crippen LogP contribution is 2.59. The molecule has 51 heavy (non-hydrogen) atoms. The SMILES string of the molecule is N#C[C@H]1CN(C(O)N[C@@H]2CC[C@@H]3CCCC[C@H](NC(=O)c4ccc5ccc(C(F)(F)P(=O)(O)O)cc5c4)C(=O)N32)C[C@@]12C(=O)Nc1ccccc12. The molecule has 4 aliphatic heterocycles. The molecule has 3 aromatic rings. The van der Waals surface area contributed by atoms with Crippen molar-refractivity contribution in [2.24, 2.45) is 5.92 Å². The predicted octanol–water partition coefficient (Wildman–Crippen LogP) is 3.27. The molecule has 0 aliphatic carbocycles. The van der Waals surface area contributed by atoms with Crippen LogP contribution in [0.5, 0.6) is 0 Å². The molecular formula is C35H37F2N6O7P.